The molecule has 0 bridgehead atoms. The normalized spacial score (nSPS) is 19.1. The summed E-state index contributed by atoms with van der Waals surface area (Å²) in [4.78, 5) is 0. The Kier molecular flexibility index (Phi) is 3.49. The SMILES string of the molecule is CS(=O)(=O)CCC1CNc2cc(Cl)ccc2N1. The van der Waals surface area contributed by atoms with Gasteiger partial charge in [0.25, 0.3) is 0 Å². The second-order valence-corrected chi connectivity index (χ2v) is 7.03. The third kappa shape index (κ3) is 3.51. The molecule has 0 amide bonds. The van der Waals surface area contributed by atoms with E-state index in [0.717, 1.165) is 11.4 Å². The first-order valence-corrected chi connectivity index (χ1v) is 7.85. The first-order valence-electron chi connectivity index (χ1n) is 5.42. The Bertz CT molecular complexity index is 516. The van der Waals surface area contributed by atoms with Gasteiger partial charge in [-0.05, 0) is 24.6 Å². The molecule has 1 aromatic rings. The highest BCUT2D eigenvalue weighted by Crippen LogP contribution is 2.29. The second kappa shape index (κ2) is 4.74. The number of sulfone groups is 1. The van der Waals surface area contributed by atoms with Crippen LogP contribution >= 0.6 is 11.6 Å². The van der Waals surface area contributed by atoms with Crippen LogP contribution in [-0.4, -0.2) is 33.0 Å². The molecule has 1 aliphatic heterocycles. The number of anilines is 2. The molecule has 6 heteroatoms. The highest BCUT2D eigenvalue weighted by Gasteiger charge is 2.18. The third-order valence-corrected chi connectivity index (χ3v) is 3.93. The highest BCUT2D eigenvalue weighted by atomic mass is 35.5. The Labute approximate surface area is 106 Å². The molecule has 2 rings (SSSR count). The molecule has 0 aromatic heterocycles. The van der Waals surface area contributed by atoms with E-state index in [0.29, 0.717) is 18.0 Å². The first kappa shape index (κ1) is 12.5. The highest BCUT2D eigenvalue weighted by molar-refractivity contribution is 7.90. The van der Waals surface area contributed by atoms with Crippen molar-refractivity contribution < 1.29 is 8.42 Å². The van der Waals surface area contributed by atoms with Crippen LogP contribution in [0.3, 0.4) is 0 Å². The number of halogens is 1. The van der Waals surface area contributed by atoms with E-state index in [1.54, 1.807) is 0 Å². The van der Waals surface area contributed by atoms with E-state index in [9.17, 15) is 8.42 Å². The van der Waals surface area contributed by atoms with Gasteiger partial charge in [-0.2, -0.15) is 0 Å². The van der Waals surface area contributed by atoms with Crippen molar-refractivity contribution in [2.24, 2.45) is 0 Å². The number of nitrogens with one attached hydrogen (secondary N) is 2. The molecule has 1 aromatic carbocycles. The molecule has 0 fully saturated rings. The van der Waals surface area contributed by atoms with Gasteiger partial charge in [0.15, 0.2) is 0 Å². The van der Waals surface area contributed by atoms with Crippen LogP contribution in [-0.2, 0) is 9.84 Å². The van der Waals surface area contributed by atoms with Gasteiger partial charge < -0.3 is 10.6 Å². The fourth-order valence-corrected chi connectivity index (χ4v) is 2.71. The van der Waals surface area contributed by atoms with Crippen LogP contribution in [0.15, 0.2) is 18.2 Å². The van der Waals surface area contributed by atoms with Crippen LogP contribution in [0, 0.1) is 0 Å². The van der Waals surface area contributed by atoms with E-state index in [1.165, 1.54) is 6.26 Å². The van der Waals surface area contributed by atoms with E-state index in [4.69, 9.17) is 11.6 Å². The molecule has 0 saturated carbocycles. The summed E-state index contributed by atoms with van der Waals surface area (Å²) in [5, 5.41) is 7.25. The van der Waals surface area contributed by atoms with Crippen molar-refractivity contribution in [3.05, 3.63) is 23.2 Å². The molecule has 17 heavy (non-hydrogen) atoms. The molecule has 1 heterocycles. The molecule has 1 unspecified atom stereocenters. The van der Waals surface area contributed by atoms with Crippen molar-refractivity contribution in [3.8, 4) is 0 Å². The lowest BCUT2D eigenvalue weighted by molar-refractivity contribution is 0.594. The van der Waals surface area contributed by atoms with E-state index >= 15 is 0 Å². The van der Waals surface area contributed by atoms with Gasteiger partial charge in [-0.3, -0.25) is 0 Å². The quantitative estimate of drug-likeness (QED) is 0.885. The Balaban J connectivity index is 2.01. The van der Waals surface area contributed by atoms with Gasteiger partial charge in [-0.15, -0.1) is 0 Å². The molecule has 94 valence electrons. The van der Waals surface area contributed by atoms with Crippen molar-refractivity contribution in [3.63, 3.8) is 0 Å². The van der Waals surface area contributed by atoms with E-state index in [1.807, 2.05) is 18.2 Å². The standard InChI is InChI=1S/C11H15ClN2O2S/c1-17(15,16)5-4-9-7-13-11-6-8(12)2-3-10(11)14-9/h2-3,6,9,13-14H,4-5,7H2,1H3. The largest absolute Gasteiger partial charge is 0.381 e. The molecule has 0 saturated heterocycles. The zero-order valence-electron chi connectivity index (χ0n) is 9.53. The minimum absolute atomic E-state index is 0.137. The summed E-state index contributed by atoms with van der Waals surface area (Å²) < 4.78 is 22.2. The Morgan fingerprint density at radius 2 is 2.18 bits per heavy atom. The summed E-state index contributed by atoms with van der Waals surface area (Å²) in [5.41, 5.74) is 1.94. The lowest BCUT2D eigenvalue weighted by Crippen LogP contribution is -2.34. The summed E-state index contributed by atoms with van der Waals surface area (Å²) >= 11 is 5.89. The number of fused-ring (bicyclic) bond motifs is 1. The minimum atomic E-state index is -2.90. The summed E-state index contributed by atoms with van der Waals surface area (Å²) in [6.45, 7) is 0.711. The first-order chi connectivity index (χ1) is 7.94. The van der Waals surface area contributed by atoms with Gasteiger partial charge >= 0.3 is 0 Å². The molecular formula is C11H15ClN2O2S. The molecule has 1 aliphatic rings. The van der Waals surface area contributed by atoms with Gasteiger partial charge in [0.05, 0.1) is 17.1 Å². The number of benzene rings is 1. The molecule has 4 nitrogen and oxygen atoms in total. The maximum atomic E-state index is 11.1. The van der Waals surface area contributed by atoms with E-state index in [-0.39, 0.29) is 11.8 Å². The molecule has 1 atom stereocenters. The average Bonchev–Trinajstić information content (AvgIpc) is 2.25. The van der Waals surface area contributed by atoms with Gasteiger partial charge in [-0.1, -0.05) is 11.6 Å². The van der Waals surface area contributed by atoms with E-state index in [2.05, 4.69) is 10.6 Å². The number of hydrogen-bond donors (Lipinski definition) is 2. The summed E-state index contributed by atoms with van der Waals surface area (Å²) in [5.74, 6) is 0.204. The second-order valence-electron chi connectivity index (χ2n) is 4.33. The monoisotopic (exact) mass is 274 g/mol. The van der Waals surface area contributed by atoms with E-state index < -0.39 is 9.84 Å². The van der Waals surface area contributed by atoms with Gasteiger partial charge in [-0.25, -0.2) is 8.42 Å². The molecule has 0 spiro atoms. The van der Waals surface area contributed by atoms with Gasteiger partial charge in [0, 0.05) is 23.9 Å². The lowest BCUT2D eigenvalue weighted by Gasteiger charge is -2.28. The minimum Gasteiger partial charge on any atom is -0.381 e. The number of rotatable bonds is 3. The summed E-state index contributed by atoms with van der Waals surface area (Å²) in [7, 11) is -2.90. The Morgan fingerprint density at radius 3 is 2.88 bits per heavy atom. The third-order valence-electron chi connectivity index (χ3n) is 2.72. The predicted molar refractivity (Wildman–Crippen MR) is 71.7 cm³/mol. The Hall–Kier alpha value is -0.940. The van der Waals surface area contributed by atoms with Crippen LogP contribution < -0.4 is 10.6 Å². The Morgan fingerprint density at radius 1 is 1.41 bits per heavy atom. The topological polar surface area (TPSA) is 58.2 Å². The molecule has 2 N–H and O–H groups in total. The average molecular weight is 275 g/mol. The van der Waals surface area contributed by atoms with Gasteiger partial charge in [0.1, 0.15) is 9.84 Å². The molecular weight excluding hydrogens is 260 g/mol. The fraction of sp³-hybridized carbons (Fsp3) is 0.455. The maximum absolute atomic E-state index is 11.1. The fourth-order valence-electron chi connectivity index (χ4n) is 1.82. The lowest BCUT2D eigenvalue weighted by atomic mass is 10.1. The van der Waals surface area contributed by atoms with Crippen LogP contribution in [0.5, 0.6) is 0 Å². The predicted octanol–water partition coefficient (Wildman–Crippen LogP) is 1.98. The van der Waals surface area contributed by atoms with Crippen molar-refractivity contribution >= 4 is 32.8 Å². The zero-order chi connectivity index (χ0) is 12.5. The van der Waals surface area contributed by atoms with Crippen LogP contribution in [0.2, 0.25) is 5.02 Å². The van der Waals surface area contributed by atoms with Gasteiger partial charge in [0.2, 0.25) is 0 Å². The van der Waals surface area contributed by atoms with Crippen LogP contribution in [0.4, 0.5) is 11.4 Å². The summed E-state index contributed by atoms with van der Waals surface area (Å²) in [6, 6.07) is 5.71. The molecule has 0 radical (unpaired) electrons. The molecule has 0 aliphatic carbocycles. The van der Waals surface area contributed by atoms with Crippen LogP contribution in [0.25, 0.3) is 0 Å². The maximum Gasteiger partial charge on any atom is 0.147 e. The zero-order valence-corrected chi connectivity index (χ0v) is 11.1. The van der Waals surface area contributed by atoms with Crippen molar-refractivity contribution in [2.45, 2.75) is 12.5 Å². The summed E-state index contributed by atoms with van der Waals surface area (Å²) in [6.07, 6.45) is 1.87. The smallest absolute Gasteiger partial charge is 0.147 e. The van der Waals surface area contributed by atoms with Crippen molar-refractivity contribution in [1.82, 2.24) is 0 Å². The number of hydrogen-bond acceptors (Lipinski definition) is 4. The van der Waals surface area contributed by atoms with Crippen LogP contribution in [0.1, 0.15) is 6.42 Å². The van der Waals surface area contributed by atoms with Crippen molar-refractivity contribution in [2.75, 3.05) is 29.2 Å². The van der Waals surface area contributed by atoms with Crippen molar-refractivity contribution in [1.29, 1.82) is 0 Å².